The third-order valence-electron chi connectivity index (χ3n) is 7.59. The van der Waals surface area contributed by atoms with Crippen LogP contribution < -0.4 is 0 Å². The maximum Gasteiger partial charge on any atom is 0.181 e. The number of aromatic nitrogens is 7. The lowest BCUT2D eigenvalue weighted by Gasteiger charge is -2.10. The van der Waals surface area contributed by atoms with Gasteiger partial charge < -0.3 is 5.11 Å². The van der Waals surface area contributed by atoms with Crippen LogP contribution in [0.2, 0.25) is 0 Å². The Morgan fingerprint density at radius 2 is 1.73 bits per heavy atom. The summed E-state index contributed by atoms with van der Waals surface area (Å²) in [6.45, 7) is 9.66. The molecule has 41 heavy (non-hydrogen) atoms. The summed E-state index contributed by atoms with van der Waals surface area (Å²) in [6, 6.07) is 17.9. The molecule has 2 aromatic carbocycles. The van der Waals surface area contributed by atoms with Gasteiger partial charge in [-0.05, 0) is 43.9 Å². The standard InChI is InChI=1S/C32H34ClN7O/c1-20(2)30-22(4)40(28-16-24-17-38(15-9-14-33)37-32(24)34-21(28)3)36-31(30)25-12-8-13-27-26(25)18-39(35-27)19-29(41)23-10-6-5-7-11-23/h5-8,10-13,16-18,20,29,41H,9,14-15,19H2,1-4H3/t29-/m0/s1. The second-order valence-electron chi connectivity index (χ2n) is 10.9. The number of rotatable bonds is 9. The van der Waals surface area contributed by atoms with Crippen LogP contribution in [-0.2, 0) is 13.1 Å². The molecule has 1 atom stereocenters. The first-order chi connectivity index (χ1) is 19.8. The van der Waals surface area contributed by atoms with Gasteiger partial charge in [0.1, 0.15) is 0 Å². The van der Waals surface area contributed by atoms with Crippen molar-refractivity contribution < 1.29 is 5.11 Å². The zero-order chi connectivity index (χ0) is 28.7. The van der Waals surface area contributed by atoms with Crippen molar-refractivity contribution in [2.75, 3.05) is 5.88 Å². The number of nitrogens with zero attached hydrogens (tertiary/aromatic N) is 7. The summed E-state index contributed by atoms with van der Waals surface area (Å²) in [5, 5.41) is 27.4. The molecule has 1 N–H and O–H groups in total. The van der Waals surface area contributed by atoms with Crippen molar-refractivity contribution in [3.63, 3.8) is 0 Å². The predicted molar refractivity (Wildman–Crippen MR) is 164 cm³/mol. The van der Waals surface area contributed by atoms with E-state index in [2.05, 4.69) is 38.0 Å². The van der Waals surface area contributed by atoms with E-state index in [1.807, 2.05) is 75.8 Å². The minimum atomic E-state index is -0.647. The highest BCUT2D eigenvalue weighted by Gasteiger charge is 2.23. The lowest BCUT2D eigenvalue weighted by Crippen LogP contribution is -2.08. The van der Waals surface area contributed by atoms with E-state index in [0.717, 1.165) is 68.8 Å². The highest BCUT2D eigenvalue weighted by atomic mass is 35.5. The Hall–Kier alpha value is -4.01. The summed E-state index contributed by atoms with van der Waals surface area (Å²) in [5.41, 5.74) is 8.50. The number of aliphatic hydroxyl groups is 1. The fourth-order valence-corrected chi connectivity index (χ4v) is 5.74. The summed E-state index contributed by atoms with van der Waals surface area (Å²) in [7, 11) is 0. The molecule has 0 aliphatic carbocycles. The molecule has 6 aromatic rings. The third kappa shape index (κ3) is 5.13. The van der Waals surface area contributed by atoms with Crippen molar-refractivity contribution in [3.05, 3.63) is 89.5 Å². The smallest absolute Gasteiger partial charge is 0.181 e. The Labute approximate surface area is 244 Å². The molecule has 9 heteroatoms. The topological polar surface area (TPSA) is 86.6 Å². The summed E-state index contributed by atoms with van der Waals surface area (Å²) in [4.78, 5) is 4.82. The Kier molecular flexibility index (Phi) is 7.36. The normalized spacial score (nSPS) is 12.7. The number of hydrogen-bond donors (Lipinski definition) is 1. The van der Waals surface area contributed by atoms with E-state index in [1.165, 1.54) is 5.56 Å². The Bertz CT molecular complexity index is 1830. The van der Waals surface area contributed by atoms with Gasteiger partial charge in [0.2, 0.25) is 0 Å². The van der Waals surface area contributed by atoms with Gasteiger partial charge in [-0.1, -0.05) is 56.3 Å². The maximum absolute atomic E-state index is 10.8. The maximum atomic E-state index is 10.8. The monoisotopic (exact) mass is 567 g/mol. The second-order valence-corrected chi connectivity index (χ2v) is 11.2. The van der Waals surface area contributed by atoms with Crippen LogP contribution in [0.4, 0.5) is 0 Å². The minimum Gasteiger partial charge on any atom is -0.386 e. The average Bonchev–Trinajstić information content (AvgIpc) is 3.65. The van der Waals surface area contributed by atoms with Crippen molar-refractivity contribution in [1.82, 2.24) is 34.3 Å². The molecule has 0 amide bonds. The Morgan fingerprint density at radius 3 is 2.49 bits per heavy atom. The predicted octanol–water partition coefficient (Wildman–Crippen LogP) is 6.74. The first kappa shape index (κ1) is 27.2. The fraction of sp³-hybridized carbons (Fsp3) is 0.312. The molecule has 4 aromatic heterocycles. The SMILES string of the molecule is Cc1nc2nn(CCCCl)cc2cc1-n1nc(-c2cccc3nn(C[C@H](O)c4ccccc4)cc23)c(C(C)C)c1C. The number of fused-ring (bicyclic) bond motifs is 2. The van der Waals surface area contributed by atoms with Crippen molar-refractivity contribution in [2.24, 2.45) is 0 Å². The van der Waals surface area contributed by atoms with Crippen LogP contribution in [0.3, 0.4) is 0 Å². The van der Waals surface area contributed by atoms with Crippen molar-refractivity contribution in [2.45, 2.75) is 59.2 Å². The third-order valence-corrected chi connectivity index (χ3v) is 7.86. The molecule has 0 unspecified atom stereocenters. The summed E-state index contributed by atoms with van der Waals surface area (Å²) >= 11 is 5.89. The molecule has 0 saturated carbocycles. The second kappa shape index (κ2) is 11.1. The van der Waals surface area contributed by atoms with Gasteiger partial charge in [-0.2, -0.15) is 15.3 Å². The van der Waals surface area contributed by atoms with Gasteiger partial charge >= 0.3 is 0 Å². The number of aryl methyl sites for hydroxylation is 2. The number of pyridine rings is 1. The lowest BCUT2D eigenvalue weighted by molar-refractivity contribution is 0.152. The molecule has 210 valence electrons. The quantitative estimate of drug-likeness (QED) is 0.196. The molecule has 6 rings (SSSR count). The summed E-state index contributed by atoms with van der Waals surface area (Å²) in [6.07, 6.45) is 4.25. The fourth-order valence-electron chi connectivity index (χ4n) is 5.62. The lowest BCUT2D eigenvalue weighted by atomic mass is 9.95. The molecule has 4 heterocycles. The highest BCUT2D eigenvalue weighted by molar-refractivity contribution is 6.17. The highest BCUT2D eigenvalue weighted by Crippen LogP contribution is 2.37. The molecule has 0 spiro atoms. The molecular weight excluding hydrogens is 534 g/mol. The van der Waals surface area contributed by atoms with E-state index in [1.54, 1.807) is 0 Å². The zero-order valence-electron chi connectivity index (χ0n) is 23.8. The van der Waals surface area contributed by atoms with Gasteiger partial charge in [0.25, 0.3) is 0 Å². The molecule has 0 aliphatic rings. The van der Waals surface area contributed by atoms with Crippen LogP contribution >= 0.6 is 11.6 Å². The Morgan fingerprint density at radius 1 is 0.927 bits per heavy atom. The minimum absolute atomic E-state index is 0.249. The molecule has 0 aliphatic heterocycles. The van der Waals surface area contributed by atoms with E-state index >= 15 is 0 Å². The van der Waals surface area contributed by atoms with E-state index in [9.17, 15) is 5.11 Å². The molecule has 0 saturated heterocycles. The molecular formula is C32H34ClN7O. The van der Waals surface area contributed by atoms with Gasteiger partial charge in [-0.15, -0.1) is 11.6 Å². The molecule has 8 nitrogen and oxygen atoms in total. The van der Waals surface area contributed by atoms with E-state index < -0.39 is 6.10 Å². The van der Waals surface area contributed by atoms with Crippen LogP contribution in [-0.4, -0.2) is 45.3 Å². The van der Waals surface area contributed by atoms with E-state index in [0.29, 0.717) is 12.4 Å². The number of hydrogen-bond acceptors (Lipinski definition) is 5. The van der Waals surface area contributed by atoms with Crippen LogP contribution in [0.1, 0.15) is 54.8 Å². The average molecular weight is 568 g/mol. The first-order valence-corrected chi connectivity index (χ1v) is 14.6. The number of alkyl halides is 1. The van der Waals surface area contributed by atoms with Gasteiger partial charge in [-0.3, -0.25) is 9.36 Å². The number of benzene rings is 2. The zero-order valence-corrected chi connectivity index (χ0v) is 24.5. The first-order valence-electron chi connectivity index (χ1n) is 14.0. The largest absolute Gasteiger partial charge is 0.386 e. The Balaban J connectivity index is 1.43. The van der Waals surface area contributed by atoms with Crippen LogP contribution in [0.25, 0.3) is 38.9 Å². The summed E-state index contributed by atoms with van der Waals surface area (Å²) < 4.78 is 5.76. The number of halogens is 1. The van der Waals surface area contributed by atoms with Crippen molar-refractivity contribution >= 4 is 33.5 Å². The van der Waals surface area contributed by atoms with Crippen LogP contribution in [0.15, 0.2) is 67.0 Å². The van der Waals surface area contributed by atoms with Gasteiger partial charge in [0, 0.05) is 52.4 Å². The summed E-state index contributed by atoms with van der Waals surface area (Å²) in [5.74, 6) is 0.847. The van der Waals surface area contributed by atoms with Crippen LogP contribution in [0.5, 0.6) is 0 Å². The van der Waals surface area contributed by atoms with E-state index in [-0.39, 0.29) is 5.92 Å². The number of aliphatic hydroxyl groups excluding tert-OH is 1. The molecule has 0 fully saturated rings. The van der Waals surface area contributed by atoms with Gasteiger partial charge in [0.05, 0.1) is 35.2 Å². The van der Waals surface area contributed by atoms with Crippen molar-refractivity contribution in [1.29, 1.82) is 0 Å². The van der Waals surface area contributed by atoms with E-state index in [4.69, 9.17) is 26.8 Å². The van der Waals surface area contributed by atoms with Crippen molar-refractivity contribution in [3.8, 4) is 16.9 Å². The van der Waals surface area contributed by atoms with Crippen LogP contribution in [0, 0.1) is 13.8 Å². The molecule has 0 bridgehead atoms. The van der Waals surface area contributed by atoms with Gasteiger partial charge in [0.15, 0.2) is 5.65 Å². The van der Waals surface area contributed by atoms with Gasteiger partial charge in [-0.25, -0.2) is 9.67 Å². The molecule has 0 radical (unpaired) electrons.